The van der Waals surface area contributed by atoms with Gasteiger partial charge in [-0.15, -0.1) is 0 Å². The van der Waals surface area contributed by atoms with Gasteiger partial charge in [-0.1, -0.05) is 22.9 Å². The fraction of sp³-hybridized carbons (Fsp3) is 0.571. The topological polar surface area (TPSA) is 12.0 Å². The summed E-state index contributed by atoms with van der Waals surface area (Å²) in [5.41, 5.74) is 0.908. The Morgan fingerprint density at radius 2 is 2.00 bits per heavy atom. The summed E-state index contributed by atoms with van der Waals surface area (Å²) in [6.45, 7) is 9.37. The summed E-state index contributed by atoms with van der Waals surface area (Å²) in [5, 5.41) is 3.42. The molecule has 1 aromatic rings. The van der Waals surface area contributed by atoms with Crippen LogP contribution in [0.4, 0.5) is 4.39 Å². The Kier molecular flexibility index (Phi) is 5.14. The molecule has 0 aromatic heterocycles. The van der Waals surface area contributed by atoms with Crippen molar-refractivity contribution in [2.75, 3.05) is 6.54 Å². The van der Waals surface area contributed by atoms with Crippen LogP contribution in [-0.4, -0.2) is 12.1 Å². The molecule has 0 bridgehead atoms. The zero-order valence-electron chi connectivity index (χ0n) is 11.0. The number of hydrogen-bond acceptors (Lipinski definition) is 1. The van der Waals surface area contributed by atoms with E-state index in [0.717, 1.165) is 23.0 Å². The number of benzene rings is 1. The fourth-order valence-corrected chi connectivity index (χ4v) is 2.09. The molecular weight excluding hydrogens is 281 g/mol. The van der Waals surface area contributed by atoms with E-state index in [9.17, 15) is 4.39 Å². The maximum atomic E-state index is 13.6. The summed E-state index contributed by atoms with van der Waals surface area (Å²) >= 11 is 3.38. The van der Waals surface area contributed by atoms with Crippen molar-refractivity contribution in [1.82, 2.24) is 5.32 Å². The molecule has 0 fully saturated rings. The molecule has 1 nitrogen and oxygen atoms in total. The van der Waals surface area contributed by atoms with E-state index in [0.29, 0.717) is 0 Å². The molecular formula is C14H21BrFN. The molecule has 0 heterocycles. The highest BCUT2D eigenvalue weighted by molar-refractivity contribution is 9.10. The second kappa shape index (κ2) is 5.96. The highest BCUT2D eigenvalue weighted by atomic mass is 79.9. The standard InChI is InChI=1S/C14H21BrFN/c1-10(7-8-17-14(2,3)4)12-9-11(15)5-6-13(12)16/h5-6,9-10,17H,7-8H2,1-4H3. The SMILES string of the molecule is CC(CCNC(C)(C)C)c1cc(Br)ccc1F. The van der Waals surface area contributed by atoms with Crippen LogP contribution < -0.4 is 5.32 Å². The average Bonchev–Trinajstić information content (AvgIpc) is 2.19. The molecule has 0 saturated heterocycles. The summed E-state index contributed by atoms with van der Waals surface area (Å²) in [6, 6.07) is 5.13. The van der Waals surface area contributed by atoms with E-state index in [1.807, 2.05) is 6.07 Å². The molecule has 0 aliphatic carbocycles. The van der Waals surface area contributed by atoms with Crippen molar-refractivity contribution >= 4 is 15.9 Å². The number of halogens is 2. The lowest BCUT2D eigenvalue weighted by Crippen LogP contribution is -2.36. The minimum atomic E-state index is -0.114. The van der Waals surface area contributed by atoms with Gasteiger partial charge in [-0.2, -0.15) is 0 Å². The second-order valence-electron chi connectivity index (χ2n) is 5.53. The molecule has 0 saturated carbocycles. The van der Waals surface area contributed by atoms with Crippen LogP contribution in [0.2, 0.25) is 0 Å². The first-order valence-electron chi connectivity index (χ1n) is 5.99. The van der Waals surface area contributed by atoms with Crippen molar-refractivity contribution in [3.8, 4) is 0 Å². The van der Waals surface area contributed by atoms with Gasteiger partial charge in [0.2, 0.25) is 0 Å². The first kappa shape index (κ1) is 14.7. The lowest BCUT2D eigenvalue weighted by Gasteiger charge is -2.22. The third-order valence-corrected chi connectivity index (χ3v) is 3.21. The van der Waals surface area contributed by atoms with Crippen molar-refractivity contribution in [3.63, 3.8) is 0 Å². The first-order valence-corrected chi connectivity index (χ1v) is 6.79. The number of rotatable bonds is 4. The van der Waals surface area contributed by atoms with Crippen molar-refractivity contribution in [3.05, 3.63) is 34.1 Å². The van der Waals surface area contributed by atoms with Gasteiger partial charge in [0.15, 0.2) is 0 Å². The lowest BCUT2D eigenvalue weighted by atomic mass is 9.97. The molecule has 0 amide bonds. The van der Waals surface area contributed by atoms with Gasteiger partial charge < -0.3 is 5.32 Å². The van der Waals surface area contributed by atoms with Gasteiger partial charge in [-0.3, -0.25) is 0 Å². The van der Waals surface area contributed by atoms with E-state index >= 15 is 0 Å². The molecule has 0 radical (unpaired) electrons. The lowest BCUT2D eigenvalue weighted by molar-refractivity contribution is 0.412. The quantitative estimate of drug-likeness (QED) is 0.865. The summed E-state index contributed by atoms with van der Waals surface area (Å²) in [7, 11) is 0. The zero-order chi connectivity index (χ0) is 13.1. The molecule has 17 heavy (non-hydrogen) atoms. The Morgan fingerprint density at radius 1 is 1.35 bits per heavy atom. The van der Waals surface area contributed by atoms with Crippen LogP contribution in [0.1, 0.15) is 45.6 Å². The molecule has 1 unspecified atom stereocenters. The van der Waals surface area contributed by atoms with E-state index in [1.54, 1.807) is 6.07 Å². The van der Waals surface area contributed by atoms with Crippen LogP contribution >= 0.6 is 15.9 Å². The number of nitrogens with one attached hydrogen (secondary N) is 1. The van der Waals surface area contributed by atoms with Crippen LogP contribution in [0, 0.1) is 5.82 Å². The molecule has 0 aliphatic heterocycles. The second-order valence-corrected chi connectivity index (χ2v) is 6.45. The van der Waals surface area contributed by atoms with Crippen LogP contribution in [-0.2, 0) is 0 Å². The minimum absolute atomic E-state index is 0.114. The van der Waals surface area contributed by atoms with Gasteiger partial charge in [0.1, 0.15) is 5.82 Å². The predicted octanol–water partition coefficient (Wildman–Crippen LogP) is 4.47. The summed E-state index contributed by atoms with van der Waals surface area (Å²) in [5.74, 6) is 0.110. The van der Waals surface area contributed by atoms with Gasteiger partial charge in [0.25, 0.3) is 0 Å². The van der Waals surface area contributed by atoms with E-state index in [4.69, 9.17) is 0 Å². The van der Waals surface area contributed by atoms with Crippen molar-refractivity contribution < 1.29 is 4.39 Å². The fourth-order valence-electron chi connectivity index (χ4n) is 1.71. The van der Waals surface area contributed by atoms with Crippen molar-refractivity contribution in [2.45, 2.75) is 45.6 Å². The summed E-state index contributed by atoms with van der Waals surface area (Å²) in [6.07, 6.45) is 0.935. The van der Waals surface area contributed by atoms with E-state index in [2.05, 4.69) is 48.9 Å². The molecule has 0 aliphatic rings. The Balaban J connectivity index is 2.58. The largest absolute Gasteiger partial charge is 0.312 e. The van der Waals surface area contributed by atoms with E-state index in [-0.39, 0.29) is 17.3 Å². The molecule has 1 atom stereocenters. The number of hydrogen-bond donors (Lipinski definition) is 1. The molecule has 1 N–H and O–H groups in total. The van der Waals surface area contributed by atoms with E-state index in [1.165, 1.54) is 6.07 Å². The predicted molar refractivity (Wildman–Crippen MR) is 74.9 cm³/mol. The Labute approximate surface area is 112 Å². The Morgan fingerprint density at radius 3 is 2.59 bits per heavy atom. The van der Waals surface area contributed by atoms with E-state index < -0.39 is 0 Å². The monoisotopic (exact) mass is 301 g/mol. The van der Waals surface area contributed by atoms with Gasteiger partial charge >= 0.3 is 0 Å². The van der Waals surface area contributed by atoms with Crippen LogP contribution in [0.25, 0.3) is 0 Å². The van der Waals surface area contributed by atoms with Crippen molar-refractivity contribution in [2.24, 2.45) is 0 Å². The normalized spacial score (nSPS) is 13.8. The van der Waals surface area contributed by atoms with Crippen LogP contribution in [0.15, 0.2) is 22.7 Å². The maximum Gasteiger partial charge on any atom is 0.126 e. The van der Waals surface area contributed by atoms with Gasteiger partial charge in [-0.05, 0) is 63.4 Å². The zero-order valence-corrected chi connectivity index (χ0v) is 12.6. The first-order chi connectivity index (χ1) is 7.79. The van der Waals surface area contributed by atoms with Gasteiger partial charge in [-0.25, -0.2) is 4.39 Å². The third-order valence-electron chi connectivity index (χ3n) is 2.72. The Bertz CT molecular complexity index is 371. The molecule has 3 heteroatoms. The third kappa shape index (κ3) is 5.17. The highest BCUT2D eigenvalue weighted by Gasteiger charge is 2.13. The molecule has 1 rings (SSSR count). The maximum absolute atomic E-state index is 13.6. The van der Waals surface area contributed by atoms with Gasteiger partial charge in [0, 0.05) is 10.0 Å². The molecule has 0 spiro atoms. The van der Waals surface area contributed by atoms with Crippen LogP contribution in [0.5, 0.6) is 0 Å². The average molecular weight is 302 g/mol. The molecule has 1 aromatic carbocycles. The highest BCUT2D eigenvalue weighted by Crippen LogP contribution is 2.25. The summed E-state index contributed by atoms with van der Waals surface area (Å²) in [4.78, 5) is 0. The Hall–Kier alpha value is -0.410. The van der Waals surface area contributed by atoms with Gasteiger partial charge in [0.05, 0.1) is 0 Å². The summed E-state index contributed by atoms with van der Waals surface area (Å²) < 4.78 is 14.6. The minimum Gasteiger partial charge on any atom is -0.312 e. The molecule has 96 valence electrons. The smallest absolute Gasteiger partial charge is 0.126 e. The van der Waals surface area contributed by atoms with Crippen LogP contribution in [0.3, 0.4) is 0 Å². The van der Waals surface area contributed by atoms with Crippen molar-refractivity contribution in [1.29, 1.82) is 0 Å².